The van der Waals surface area contributed by atoms with Crippen LogP contribution in [0.4, 0.5) is 5.69 Å². The van der Waals surface area contributed by atoms with Crippen molar-refractivity contribution in [3.8, 4) is 11.6 Å². The molecule has 0 aliphatic heterocycles. The SMILES string of the molecule is COc1ccc(NC(=O)CCc2c(C)nn(-c3ccc4nncn4n3)c2C)cc1. The molecule has 0 aliphatic carbocycles. The molecule has 1 N–H and O–H groups in total. The predicted octanol–water partition coefficient (Wildman–Crippen LogP) is 2.51. The molecule has 0 atom stereocenters. The van der Waals surface area contributed by atoms with Gasteiger partial charge in [0.15, 0.2) is 11.5 Å². The molecule has 3 heterocycles. The molecule has 0 bridgehead atoms. The van der Waals surface area contributed by atoms with Gasteiger partial charge in [-0.1, -0.05) is 0 Å². The van der Waals surface area contributed by atoms with E-state index in [1.54, 1.807) is 22.6 Å². The standard InChI is InChI=1S/C20H21N7O2/c1-13-17(8-11-20(28)22-15-4-6-16(29-3)7-5-15)14(2)27(24-13)19-10-9-18-23-21-12-26(18)25-19/h4-7,9-10,12H,8,11H2,1-3H3,(H,22,28). The first-order chi connectivity index (χ1) is 14.0. The van der Waals surface area contributed by atoms with E-state index in [1.165, 1.54) is 0 Å². The van der Waals surface area contributed by atoms with E-state index in [0.717, 1.165) is 28.4 Å². The van der Waals surface area contributed by atoms with E-state index in [0.29, 0.717) is 24.3 Å². The van der Waals surface area contributed by atoms with Crippen molar-refractivity contribution in [2.45, 2.75) is 26.7 Å². The maximum absolute atomic E-state index is 12.4. The van der Waals surface area contributed by atoms with Crippen LogP contribution in [0.2, 0.25) is 0 Å². The number of carbonyl (C=O) groups excluding carboxylic acids is 1. The van der Waals surface area contributed by atoms with E-state index in [2.05, 4.69) is 25.7 Å². The van der Waals surface area contributed by atoms with Gasteiger partial charge in [0.25, 0.3) is 0 Å². The average Bonchev–Trinajstić information content (AvgIpc) is 3.30. The first-order valence-corrected chi connectivity index (χ1v) is 9.21. The van der Waals surface area contributed by atoms with E-state index < -0.39 is 0 Å². The third kappa shape index (κ3) is 3.79. The van der Waals surface area contributed by atoms with Crippen LogP contribution in [0.1, 0.15) is 23.4 Å². The number of aryl methyl sites for hydroxylation is 1. The van der Waals surface area contributed by atoms with Gasteiger partial charge >= 0.3 is 0 Å². The Morgan fingerprint density at radius 2 is 1.90 bits per heavy atom. The largest absolute Gasteiger partial charge is 0.497 e. The van der Waals surface area contributed by atoms with Crippen LogP contribution in [0.5, 0.6) is 5.75 Å². The highest BCUT2D eigenvalue weighted by Gasteiger charge is 2.15. The van der Waals surface area contributed by atoms with E-state index >= 15 is 0 Å². The molecule has 1 aromatic carbocycles. The minimum Gasteiger partial charge on any atom is -0.497 e. The predicted molar refractivity (Wildman–Crippen MR) is 107 cm³/mol. The number of nitrogens with zero attached hydrogens (tertiary/aromatic N) is 6. The monoisotopic (exact) mass is 391 g/mol. The van der Waals surface area contributed by atoms with Crippen LogP contribution in [0.3, 0.4) is 0 Å². The number of amides is 1. The lowest BCUT2D eigenvalue weighted by Crippen LogP contribution is -2.12. The topological polar surface area (TPSA) is 99.2 Å². The highest BCUT2D eigenvalue weighted by Crippen LogP contribution is 2.19. The molecule has 0 saturated heterocycles. The highest BCUT2D eigenvalue weighted by molar-refractivity contribution is 5.90. The zero-order valence-electron chi connectivity index (χ0n) is 16.5. The summed E-state index contributed by atoms with van der Waals surface area (Å²) in [5.74, 6) is 1.37. The van der Waals surface area contributed by atoms with E-state index in [-0.39, 0.29) is 5.91 Å². The Balaban J connectivity index is 1.46. The summed E-state index contributed by atoms with van der Waals surface area (Å²) in [6.07, 6.45) is 2.50. The molecule has 0 spiro atoms. The molecule has 0 saturated carbocycles. The Morgan fingerprint density at radius 3 is 2.66 bits per heavy atom. The van der Waals surface area contributed by atoms with Crippen LogP contribution in [0.25, 0.3) is 11.5 Å². The minimum atomic E-state index is -0.0502. The lowest BCUT2D eigenvalue weighted by atomic mass is 10.1. The summed E-state index contributed by atoms with van der Waals surface area (Å²) in [5, 5.41) is 19.8. The Kier molecular flexibility index (Phi) is 4.94. The molecule has 3 aromatic heterocycles. The van der Waals surface area contributed by atoms with Crippen LogP contribution >= 0.6 is 0 Å². The van der Waals surface area contributed by atoms with Crippen LogP contribution in [0.15, 0.2) is 42.7 Å². The van der Waals surface area contributed by atoms with Gasteiger partial charge in [0, 0.05) is 17.8 Å². The Morgan fingerprint density at radius 1 is 1.10 bits per heavy atom. The van der Waals surface area contributed by atoms with Crippen molar-refractivity contribution in [3.63, 3.8) is 0 Å². The molecule has 29 heavy (non-hydrogen) atoms. The zero-order chi connectivity index (χ0) is 20.4. The fraction of sp³-hybridized carbons (Fsp3) is 0.250. The lowest BCUT2D eigenvalue weighted by molar-refractivity contribution is -0.116. The van der Waals surface area contributed by atoms with Gasteiger partial charge in [-0.15, -0.1) is 15.3 Å². The number of hydrogen-bond acceptors (Lipinski definition) is 6. The molecule has 0 unspecified atom stereocenters. The van der Waals surface area contributed by atoms with Crippen LogP contribution < -0.4 is 10.1 Å². The smallest absolute Gasteiger partial charge is 0.224 e. The third-order valence-electron chi connectivity index (χ3n) is 4.78. The van der Waals surface area contributed by atoms with Crippen molar-refractivity contribution >= 4 is 17.2 Å². The molecular formula is C20H21N7O2. The van der Waals surface area contributed by atoms with Gasteiger partial charge in [-0.3, -0.25) is 4.79 Å². The van der Waals surface area contributed by atoms with Crippen LogP contribution in [-0.4, -0.2) is 42.6 Å². The number of anilines is 1. The van der Waals surface area contributed by atoms with Crippen molar-refractivity contribution < 1.29 is 9.53 Å². The molecule has 0 fully saturated rings. The number of aromatic nitrogens is 6. The molecule has 9 nitrogen and oxygen atoms in total. The number of fused-ring (bicyclic) bond motifs is 1. The van der Waals surface area contributed by atoms with Crippen LogP contribution in [-0.2, 0) is 11.2 Å². The third-order valence-corrected chi connectivity index (χ3v) is 4.78. The number of benzene rings is 1. The van der Waals surface area contributed by atoms with Crippen molar-refractivity contribution in [1.29, 1.82) is 0 Å². The summed E-state index contributed by atoms with van der Waals surface area (Å²) in [6.45, 7) is 3.92. The maximum Gasteiger partial charge on any atom is 0.224 e. The van der Waals surface area contributed by atoms with Gasteiger partial charge in [0.05, 0.1) is 12.8 Å². The van der Waals surface area contributed by atoms with E-state index in [4.69, 9.17) is 4.74 Å². The summed E-state index contributed by atoms with van der Waals surface area (Å²) >= 11 is 0. The molecule has 4 aromatic rings. The van der Waals surface area contributed by atoms with Crippen molar-refractivity contribution in [3.05, 3.63) is 59.7 Å². The number of hydrogen-bond donors (Lipinski definition) is 1. The van der Waals surface area contributed by atoms with Gasteiger partial charge < -0.3 is 10.1 Å². The first kappa shape index (κ1) is 18.6. The molecular weight excluding hydrogens is 370 g/mol. The number of carbonyl (C=O) groups is 1. The number of ether oxygens (including phenoxy) is 1. The van der Waals surface area contributed by atoms with Gasteiger partial charge in [0.1, 0.15) is 12.1 Å². The first-order valence-electron chi connectivity index (χ1n) is 9.21. The number of rotatable bonds is 6. The van der Waals surface area contributed by atoms with Crippen molar-refractivity contribution in [2.24, 2.45) is 0 Å². The summed E-state index contributed by atoms with van der Waals surface area (Å²) in [7, 11) is 1.61. The van der Waals surface area contributed by atoms with Gasteiger partial charge in [-0.05, 0) is 62.2 Å². The average molecular weight is 391 g/mol. The fourth-order valence-electron chi connectivity index (χ4n) is 3.23. The quantitative estimate of drug-likeness (QED) is 0.542. The van der Waals surface area contributed by atoms with Gasteiger partial charge in [0.2, 0.25) is 5.91 Å². The van der Waals surface area contributed by atoms with E-state index in [9.17, 15) is 4.79 Å². The minimum absolute atomic E-state index is 0.0502. The Labute approximate surface area is 167 Å². The van der Waals surface area contributed by atoms with Gasteiger partial charge in [-0.25, -0.2) is 4.68 Å². The highest BCUT2D eigenvalue weighted by atomic mass is 16.5. The zero-order valence-corrected chi connectivity index (χ0v) is 16.5. The molecule has 4 rings (SSSR count). The molecule has 148 valence electrons. The second kappa shape index (κ2) is 7.70. The van der Waals surface area contributed by atoms with E-state index in [1.807, 2.05) is 50.2 Å². The molecule has 1 amide bonds. The molecule has 0 radical (unpaired) electrons. The molecule has 0 aliphatic rings. The normalized spacial score (nSPS) is 11.0. The van der Waals surface area contributed by atoms with Crippen LogP contribution in [0, 0.1) is 13.8 Å². The summed E-state index contributed by atoms with van der Waals surface area (Å²) in [4.78, 5) is 12.4. The van der Waals surface area contributed by atoms with Crippen molar-refractivity contribution in [2.75, 3.05) is 12.4 Å². The summed E-state index contributed by atoms with van der Waals surface area (Å²) in [5.41, 5.74) is 4.29. The molecule has 9 heteroatoms. The lowest BCUT2D eigenvalue weighted by Gasteiger charge is -2.07. The fourth-order valence-corrected chi connectivity index (χ4v) is 3.23. The summed E-state index contributed by atoms with van der Waals surface area (Å²) in [6, 6.07) is 11.0. The van der Waals surface area contributed by atoms with Crippen molar-refractivity contribution in [1.82, 2.24) is 29.6 Å². The van der Waals surface area contributed by atoms with Gasteiger partial charge in [-0.2, -0.15) is 9.61 Å². The second-order valence-electron chi connectivity index (χ2n) is 6.66. The second-order valence-corrected chi connectivity index (χ2v) is 6.66. The number of nitrogens with one attached hydrogen (secondary N) is 1. The summed E-state index contributed by atoms with van der Waals surface area (Å²) < 4.78 is 8.52. The maximum atomic E-state index is 12.4. The Hall–Kier alpha value is -3.75. The number of methoxy groups -OCH3 is 1. The Bertz CT molecular complexity index is 1160.